The SMILES string of the molecule is Cc1ccc2c(n1)C(=Cc1ccc(C)s1)C(=O)N2. The molecule has 0 aliphatic carbocycles. The van der Waals surface area contributed by atoms with Crippen LogP contribution in [-0.4, -0.2) is 10.9 Å². The van der Waals surface area contributed by atoms with Crippen molar-refractivity contribution < 1.29 is 4.79 Å². The number of rotatable bonds is 1. The van der Waals surface area contributed by atoms with Crippen LogP contribution in [0.15, 0.2) is 24.3 Å². The number of aryl methyl sites for hydroxylation is 2. The smallest absolute Gasteiger partial charge is 0.258 e. The third kappa shape index (κ3) is 1.84. The van der Waals surface area contributed by atoms with E-state index in [9.17, 15) is 4.79 Å². The van der Waals surface area contributed by atoms with Crippen molar-refractivity contribution in [2.24, 2.45) is 0 Å². The first-order chi connectivity index (χ1) is 8.63. The molecular formula is C14H12N2OS. The number of carbonyl (C=O) groups is 1. The zero-order chi connectivity index (χ0) is 12.7. The van der Waals surface area contributed by atoms with Crippen LogP contribution in [0, 0.1) is 13.8 Å². The van der Waals surface area contributed by atoms with Crippen molar-refractivity contribution in [3.05, 3.63) is 45.4 Å². The predicted molar refractivity (Wildman–Crippen MR) is 74.5 cm³/mol. The van der Waals surface area contributed by atoms with Crippen molar-refractivity contribution in [3.8, 4) is 0 Å². The minimum Gasteiger partial charge on any atom is -0.320 e. The van der Waals surface area contributed by atoms with E-state index in [4.69, 9.17) is 0 Å². The average molecular weight is 256 g/mol. The number of pyridine rings is 1. The van der Waals surface area contributed by atoms with Gasteiger partial charge in [0.15, 0.2) is 0 Å². The van der Waals surface area contributed by atoms with Crippen molar-refractivity contribution in [2.45, 2.75) is 13.8 Å². The Morgan fingerprint density at radius 3 is 2.78 bits per heavy atom. The van der Waals surface area contributed by atoms with Gasteiger partial charge < -0.3 is 5.32 Å². The van der Waals surface area contributed by atoms with Gasteiger partial charge in [-0.3, -0.25) is 9.78 Å². The van der Waals surface area contributed by atoms with E-state index in [1.165, 1.54) is 4.88 Å². The molecule has 18 heavy (non-hydrogen) atoms. The maximum Gasteiger partial charge on any atom is 0.258 e. The summed E-state index contributed by atoms with van der Waals surface area (Å²) < 4.78 is 0. The summed E-state index contributed by atoms with van der Waals surface area (Å²) >= 11 is 1.67. The molecule has 4 heteroatoms. The highest BCUT2D eigenvalue weighted by molar-refractivity contribution is 7.12. The van der Waals surface area contributed by atoms with Gasteiger partial charge in [-0.25, -0.2) is 0 Å². The van der Waals surface area contributed by atoms with Crippen LogP contribution in [0.3, 0.4) is 0 Å². The Bertz CT molecular complexity index is 670. The minimum atomic E-state index is -0.0749. The highest BCUT2D eigenvalue weighted by Gasteiger charge is 2.25. The Morgan fingerprint density at radius 2 is 2.06 bits per heavy atom. The van der Waals surface area contributed by atoms with Crippen molar-refractivity contribution in [3.63, 3.8) is 0 Å². The third-order valence-electron chi connectivity index (χ3n) is 2.83. The summed E-state index contributed by atoms with van der Waals surface area (Å²) in [6.07, 6.45) is 1.91. The van der Waals surface area contributed by atoms with E-state index >= 15 is 0 Å². The number of amides is 1. The summed E-state index contributed by atoms with van der Waals surface area (Å²) in [5, 5.41) is 2.84. The molecule has 1 aliphatic heterocycles. The molecule has 3 nitrogen and oxygen atoms in total. The number of fused-ring (bicyclic) bond motifs is 1. The predicted octanol–water partition coefficient (Wildman–Crippen LogP) is 3.25. The second kappa shape index (κ2) is 4.07. The topological polar surface area (TPSA) is 42.0 Å². The molecule has 0 unspecified atom stereocenters. The van der Waals surface area contributed by atoms with E-state index in [0.29, 0.717) is 5.57 Å². The number of thiophene rings is 1. The Kier molecular flexibility index (Phi) is 2.52. The number of hydrogen-bond donors (Lipinski definition) is 1. The van der Waals surface area contributed by atoms with Crippen molar-refractivity contribution >= 4 is 34.6 Å². The first-order valence-electron chi connectivity index (χ1n) is 5.71. The van der Waals surface area contributed by atoms with Gasteiger partial charge in [0.2, 0.25) is 0 Å². The standard InChI is InChI=1S/C14H12N2OS/c1-8-3-6-12-13(15-8)11(14(17)16-12)7-10-5-4-9(2)18-10/h3-7H,1-2H3,(H,16,17). The molecule has 2 aromatic heterocycles. The number of anilines is 1. The fourth-order valence-corrected chi connectivity index (χ4v) is 2.79. The van der Waals surface area contributed by atoms with E-state index in [-0.39, 0.29) is 5.91 Å². The number of carbonyl (C=O) groups excluding carboxylic acids is 1. The molecule has 0 bridgehead atoms. The third-order valence-corrected chi connectivity index (χ3v) is 3.78. The monoisotopic (exact) mass is 256 g/mol. The van der Waals surface area contributed by atoms with Gasteiger partial charge in [0.05, 0.1) is 17.0 Å². The van der Waals surface area contributed by atoms with Gasteiger partial charge in [-0.05, 0) is 44.2 Å². The summed E-state index contributed by atoms with van der Waals surface area (Å²) in [5.74, 6) is -0.0749. The largest absolute Gasteiger partial charge is 0.320 e. The van der Waals surface area contributed by atoms with Crippen molar-refractivity contribution in [1.29, 1.82) is 0 Å². The molecule has 1 N–H and O–H groups in total. The van der Waals surface area contributed by atoms with Crippen LogP contribution in [0.5, 0.6) is 0 Å². The molecule has 0 radical (unpaired) electrons. The zero-order valence-corrected chi connectivity index (χ0v) is 11.0. The van der Waals surface area contributed by atoms with Crippen LogP contribution in [0.2, 0.25) is 0 Å². The van der Waals surface area contributed by atoms with E-state index in [2.05, 4.69) is 23.3 Å². The summed E-state index contributed by atoms with van der Waals surface area (Å²) in [4.78, 5) is 18.7. The lowest BCUT2D eigenvalue weighted by atomic mass is 10.1. The van der Waals surface area contributed by atoms with Gasteiger partial charge in [0.1, 0.15) is 0 Å². The molecule has 3 rings (SSSR count). The van der Waals surface area contributed by atoms with Gasteiger partial charge in [0.25, 0.3) is 5.91 Å². The Labute approximate surface area is 109 Å². The van der Waals surface area contributed by atoms with Crippen LogP contribution in [0.4, 0.5) is 5.69 Å². The fraction of sp³-hybridized carbons (Fsp3) is 0.143. The van der Waals surface area contributed by atoms with Gasteiger partial charge in [-0.1, -0.05) is 0 Å². The second-order valence-electron chi connectivity index (χ2n) is 4.31. The molecule has 3 heterocycles. The molecule has 90 valence electrons. The highest BCUT2D eigenvalue weighted by atomic mass is 32.1. The van der Waals surface area contributed by atoms with Crippen LogP contribution in [-0.2, 0) is 4.79 Å². The molecular weight excluding hydrogens is 244 g/mol. The summed E-state index contributed by atoms with van der Waals surface area (Å²) in [7, 11) is 0. The Morgan fingerprint density at radius 1 is 1.22 bits per heavy atom. The molecule has 1 amide bonds. The molecule has 0 fully saturated rings. The lowest BCUT2D eigenvalue weighted by Crippen LogP contribution is -2.03. The summed E-state index contributed by atoms with van der Waals surface area (Å²) in [6, 6.07) is 7.87. The quantitative estimate of drug-likeness (QED) is 0.796. The summed E-state index contributed by atoms with van der Waals surface area (Å²) in [6.45, 7) is 3.98. The lowest BCUT2D eigenvalue weighted by Gasteiger charge is -1.98. The summed E-state index contributed by atoms with van der Waals surface area (Å²) in [5.41, 5.74) is 3.12. The lowest BCUT2D eigenvalue weighted by molar-refractivity contribution is -0.110. The first-order valence-corrected chi connectivity index (χ1v) is 6.52. The number of hydrogen-bond acceptors (Lipinski definition) is 3. The molecule has 0 aromatic carbocycles. The number of nitrogens with one attached hydrogen (secondary N) is 1. The Hall–Kier alpha value is -1.94. The zero-order valence-electron chi connectivity index (χ0n) is 10.2. The van der Waals surface area contributed by atoms with E-state index in [0.717, 1.165) is 22.0 Å². The van der Waals surface area contributed by atoms with E-state index < -0.39 is 0 Å². The van der Waals surface area contributed by atoms with E-state index in [1.54, 1.807) is 11.3 Å². The Balaban J connectivity index is 2.11. The van der Waals surface area contributed by atoms with Crippen molar-refractivity contribution in [1.82, 2.24) is 4.98 Å². The molecule has 1 aliphatic rings. The van der Waals surface area contributed by atoms with Gasteiger partial charge in [-0.2, -0.15) is 0 Å². The molecule has 2 aromatic rings. The van der Waals surface area contributed by atoms with Crippen LogP contribution >= 0.6 is 11.3 Å². The first kappa shape index (κ1) is 11.2. The van der Waals surface area contributed by atoms with Crippen LogP contribution in [0.25, 0.3) is 11.6 Å². The van der Waals surface area contributed by atoms with E-state index in [1.807, 2.05) is 31.2 Å². The molecule has 0 saturated heterocycles. The molecule has 0 atom stereocenters. The average Bonchev–Trinajstić information content (AvgIpc) is 2.86. The van der Waals surface area contributed by atoms with Crippen molar-refractivity contribution in [2.75, 3.05) is 5.32 Å². The number of aromatic nitrogens is 1. The normalized spacial score (nSPS) is 15.9. The molecule has 0 spiro atoms. The molecule has 0 saturated carbocycles. The van der Waals surface area contributed by atoms with Crippen LogP contribution in [0.1, 0.15) is 21.1 Å². The van der Waals surface area contributed by atoms with Gasteiger partial charge in [-0.15, -0.1) is 11.3 Å². The van der Waals surface area contributed by atoms with Gasteiger partial charge in [0, 0.05) is 15.4 Å². The second-order valence-corrected chi connectivity index (χ2v) is 5.63. The van der Waals surface area contributed by atoms with Gasteiger partial charge >= 0.3 is 0 Å². The highest BCUT2D eigenvalue weighted by Crippen LogP contribution is 2.32. The minimum absolute atomic E-state index is 0.0749. The maximum absolute atomic E-state index is 11.9. The van der Waals surface area contributed by atoms with Crippen LogP contribution < -0.4 is 5.32 Å². The maximum atomic E-state index is 11.9. The fourth-order valence-electron chi connectivity index (χ4n) is 1.97. The number of nitrogens with zero attached hydrogens (tertiary/aromatic N) is 1.